The summed E-state index contributed by atoms with van der Waals surface area (Å²) in [6.45, 7) is 1.77. The zero-order chi connectivity index (χ0) is 16.9. The molecule has 0 aliphatic heterocycles. The summed E-state index contributed by atoms with van der Waals surface area (Å²) in [4.78, 5) is 12.5. The van der Waals surface area contributed by atoms with Crippen LogP contribution in [0.3, 0.4) is 0 Å². The van der Waals surface area contributed by atoms with E-state index in [0.29, 0.717) is 5.75 Å². The van der Waals surface area contributed by atoms with E-state index in [9.17, 15) is 4.79 Å². The smallest absolute Gasteiger partial charge is 0.261 e. The Morgan fingerprint density at radius 3 is 2.58 bits per heavy atom. The lowest BCUT2D eigenvalue weighted by Gasteiger charge is -2.27. The Bertz CT molecular complexity index is 696. The van der Waals surface area contributed by atoms with Crippen molar-refractivity contribution in [2.24, 2.45) is 0 Å². The van der Waals surface area contributed by atoms with Crippen LogP contribution < -0.4 is 14.8 Å². The number of amides is 1. The first-order valence-electron chi connectivity index (χ1n) is 8.36. The third-order valence-electron chi connectivity index (χ3n) is 4.43. The third-order valence-corrected chi connectivity index (χ3v) is 4.43. The second-order valence-corrected chi connectivity index (χ2v) is 6.09. The third kappa shape index (κ3) is 3.70. The van der Waals surface area contributed by atoms with E-state index in [4.69, 9.17) is 9.47 Å². The normalized spacial score (nSPS) is 17.5. The van der Waals surface area contributed by atoms with E-state index >= 15 is 0 Å². The summed E-state index contributed by atoms with van der Waals surface area (Å²) >= 11 is 0. The van der Waals surface area contributed by atoms with Crippen LogP contribution in [0.15, 0.2) is 48.5 Å². The number of hydrogen-bond donors (Lipinski definition) is 1. The first-order chi connectivity index (χ1) is 11.7. The van der Waals surface area contributed by atoms with Crippen LogP contribution in [-0.2, 0) is 11.2 Å². The predicted molar refractivity (Wildman–Crippen MR) is 93.3 cm³/mol. The van der Waals surface area contributed by atoms with E-state index < -0.39 is 6.10 Å². The molecule has 24 heavy (non-hydrogen) atoms. The van der Waals surface area contributed by atoms with Crippen LogP contribution in [-0.4, -0.2) is 19.1 Å². The maximum atomic E-state index is 12.5. The molecule has 1 aliphatic carbocycles. The molecule has 0 fully saturated rings. The van der Waals surface area contributed by atoms with Crippen molar-refractivity contribution >= 4 is 5.91 Å². The van der Waals surface area contributed by atoms with Crippen molar-refractivity contribution in [3.05, 3.63) is 59.7 Å². The maximum Gasteiger partial charge on any atom is 0.261 e. The molecule has 0 unspecified atom stereocenters. The Balaban J connectivity index is 1.62. The lowest BCUT2D eigenvalue weighted by molar-refractivity contribution is -0.128. The van der Waals surface area contributed by atoms with Gasteiger partial charge in [-0.25, -0.2) is 0 Å². The number of carbonyl (C=O) groups excluding carboxylic acids is 1. The highest BCUT2D eigenvalue weighted by Crippen LogP contribution is 2.29. The molecular formula is C20H23NO3. The van der Waals surface area contributed by atoms with Crippen molar-refractivity contribution in [2.75, 3.05) is 7.11 Å². The van der Waals surface area contributed by atoms with Crippen molar-refractivity contribution in [1.29, 1.82) is 0 Å². The number of fused-ring (bicyclic) bond motifs is 1. The molecule has 0 aromatic heterocycles. The van der Waals surface area contributed by atoms with E-state index in [1.165, 1.54) is 11.1 Å². The van der Waals surface area contributed by atoms with Crippen LogP contribution >= 0.6 is 0 Å². The molecular weight excluding hydrogens is 302 g/mol. The Kier molecular flexibility index (Phi) is 5.04. The van der Waals surface area contributed by atoms with Gasteiger partial charge in [-0.1, -0.05) is 24.3 Å². The molecule has 1 amide bonds. The second kappa shape index (κ2) is 7.39. The number of rotatable bonds is 5. The topological polar surface area (TPSA) is 47.6 Å². The van der Waals surface area contributed by atoms with Gasteiger partial charge >= 0.3 is 0 Å². The van der Waals surface area contributed by atoms with Crippen LogP contribution in [0.25, 0.3) is 0 Å². The molecule has 0 saturated heterocycles. The minimum atomic E-state index is -0.549. The van der Waals surface area contributed by atoms with Crippen molar-refractivity contribution in [3.63, 3.8) is 0 Å². The molecule has 4 nitrogen and oxygen atoms in total. The Morgan fingerprint density at radius 1 is 1.12 bits per heavy atom. The Hall–Kier alpha value is -2.49. The summed E-state index contributed by atoms with van der Waals surface area (Å²) in [6, 6.07) is 15.6. The predicted octanol–water partition coefficient (Wildman–Crippen LogP) is 3.66. The summed E-state index contributed by atoms with van der Waals surface area (Å²) < 4.78 is 10.9. The van der Waals surface area contributed by atoms with Gasteiger partial charge < -0.3 is 14.8 Å². The molecule has 0 saturated carbocycles. The number of aryl methyl sites for hydroxylation is 1. The highest BCUT2D eigenvalue weighted by atomic mass is 16.5. The molecule has 2 aromatic carbocycles. The summed E-state index contributed by atoms with van der Waals surface area (Å²) in [7, 11) is 1.62. The number of nitrogens with one attached hydrogen (secondary N) is 1. The number of benzene rings is 2. The number of methoxy groups -OCH3 is 1. The van der Waals surface area contributed by atoms with Gasteiger partial charge in [0.25, 0.3) is 5.91 Å². The molecule has 0 bridgehead atoms. The van der Waals surface area contributed by atoms with Gasteiger partial charge in [0.1, 0.15) is 11.5 Å². The molecule has 0 heterocycles. The van der Waals surface area contributed by atoms with Gasteiger partial charge in [0, 0.05) is 0 Å². The lowest BCUT2D eigenvalue weighted by atomic mass is 9.87. The molecule has 0 spiro atoms. The molecule has 1 N–H and O–H groups in total. The molecule has 126 valence electrons. The van der Waals surface area contributed by atoms with Crippen LogP contribution in [0.1, 0.15) is 36.9 Å². The first kappa shape index (κ1) is 16.4. The summed E-state index contributed by atoms with van der Waals surface area (Å²) in [5.74, 6) is 1.33. The quantitative estimate of drug-likeness (QED) is 0.913. The van der Waals surface area contributed by atoms with Gasteiger partial charge in [0.2, 0.25) is 0 Å². The molecule has 0 radical (unpaired) electrons. The first-order valence-corrected chi connectivity index (χ1v) is 8.36. The van der Waals surface area contributed by atoms with Crippen LogP contribution in [0, 0.1) is 0 Å². The highest BCUT2D eigenvalue weighted by Gasteiger charge is 2.24. The van der Waals surface area contributed by atoms with Gasteiger partial charge in [-0.2, -0.15) is 0 Å². The van der Waals surface area contributed by atoms with Crippen LogP contribution in [0.5, 0.6) is 11.5 Å². The van der Waals surface area contributed by atoms with Crippen molar-refractivity contribution in [2.45, 2.75) is 38.3 Å². The zero-order valence-electron chi connectivity index (χ0n) is 14.1. The van der Waals surface area contributed by atoms with Crippen molar-refractivity contribution in [1.82, 2.24) is 5.32 Å². The van der Waals surface area contributed by atoms with Crippen molar-refractivity contribution < 1.29 is 14.3 Å². The largest absolute Gasteiger partial charge is 0.497 e. The zero-order valence-corrected chi connectivity index (χ0v) is 14.1. The number of carbonyl (C=O) groups is 1. The van der Waals surface area contributed by atoms with Crippen molar-refractivity contribution in [3.8, 4) is 11.5 Å². The summed E-state index contributed by atoms with van der Waals surface area (Å²) in [5, 5.41) is 3.13. The van der Waals surface area contributed by atoms with E-state index in [-0.39, 0.29) is 11.9 Å². The van der Waals surface area contributed by atoms with Gasteiger partial charge in [-0.15, -0.1) is 0 Å². The summed E-state index contributed by atoms with van der Waals surface area (Å²) in [5.41, 5.74) is 2.56. The number of ether oxygens (including phenoxy) is 2. The van der Waals surface area contributed by atoms with Gasteiger partial charge in [-0.05, 0) is 61.6 Å². The number of hydrogen-bond acceptors (Lipinski definition) is 3. The van der Waals surface area contributed by atoms with Gasteiger partial charge in [0.15, 0.2) is 6.10 Å². The van der Waals surface area contributed by atoms with E-state index in [2.05, 4.69) is 23.5 Å². The molecule has 3 rings (SSSR count). The fraction of sp³-hybridized carbons (Fsp3) is 0.350. The SMILES string of the molecule is COc1ccc(O[C@H](C)C(=O)N[C@H]2CCCc3ccccc32)cc1. The maximum absolute atomic E-state index is 12.5. The Labute approximate surface area is 142 Å². The molecule has 1 aliphatic rings. The highest BCUT2D eigenvalue weighted by molar-refractivity contribution is 5.81. The standard InChI is InChI=1S/C20H23NO3/c1-14(24-17-12-10-16(23-2)11-13-17)20(22)21-19-9-5-7-15-6-3-4-8-18(15)19/h3-4,6,8,10-14,19H,5,7,9H2,1-2H3,(H,21,22)/t14-,19+/m1/s1. The van der Waals surface area contributed by atoms with E-state index in [0.717, 1.165) is 25.0 Å². The fourth-order valence-corrected chi connectivity index (χ4v) is 3.10. The Morgan fingerprint density at radius 2 is 1.83 bits per heavy atom. The van der Waals surface area contributed by atoms with Gasteiger partial charge in [0.05, 0.1) is 13.2 Å². The van der Waals surface area contributed by atoms with E-state index in [1.54, 1.807) is 26.2 Å². The average molecular weight is 325 g/mol. The van der Waals surface area contributed by atoms with Gasteiger partial charge in [-0.3, -0.25) is 4.79 Å². The minimum absolute atomic E-state index is 0.0735. The fourth-order valence-electron chi connectivity index (χ4n) is 3.10. The molecule has 4 heteroatoms. The lowest BCUT2D eigenvalue weighted by Crippen LogP contribution is -2.39. The van der Waals surface area contributed by atoms with Crippen LogP contribution in [0.4, 0.5) is 0 Å². The summed E-state index contributed by atoms with van der Waals surface area (Å²) in [6.07, 6.45) is 2.60. The monoisotopic (exact) mass is 325 g/mol. The second-order valence-electron chi connectivity index (χ2n) is 6.09. The average Bonchev–Trinajstić information content (AvgIpc) is 2.62. The van der Waals surface area contributed by atoms with E-state index in [1.807, 2.05) is 18.2 Å². The minimum Gasteiger partial charge on any atom is -0.497 e. The molecule has 2 atom stereocenters. The molecule has 2 aromatic rings. The van der Waals surface area contributed by atoms with Crippen LogP contribution in [0.2, 0.25) is 0 Å².